The Kier molecular flexibility index (Phi) is 2.89. The molecule has 2 aliphatic heterocycles. The van der Waals surface area contributed by atoms with Crippen molar-refractivity contribution in [1.29, 1.82) is 0 Å². The maximum absolute atomic E-state index is 3.68. The average Bonchev–Trinajstić information content (AvgIpc) is 2.57. The van der Waals surface area contributed by atoms with E-state index in [1.165, 1.54) is 51.6 Å². The summed E-state index contributed by atoms with van der Waals surface area (Å²) >= 11 is 0. The van der Waals surface area contributed by atoms with Crippen molar-refractivity contribution >= 4 is 0 Å². The highest BCUT2D eigenvalue weighted by atomic mass is 15.0. The normalized spacial score (nSPS) is 40.8. The lowest BCUT2D eigenvalue weighted by atomic mass is 9.84. The molecule has 0 spiro atoms. The van der Waals surface area contributed by atoms with Crippen LogP contribution in [-0.2, 0) is 0 Å². The molecule has 2 fully saturated rings. The zero-order valence-corrected chi connectivity index (χ0v) is 8.73. The molecule has 0 aromatic rings. The maximum atomic E-state index is 3.68. The molecule has 2 N–H and O–H groups in total. The molecule has 2 aliphatic rings. The van der Waals surface area contributed by atoms with Crippen LogP contribution in [0.3, 0.4) is 0 Å². The van der Waals surface area contributed by atoms with Crippen molar-refractivity contribution in [3.05, 3.63) is 0 Å². The highest BCUT2D eigenvalue weighted by molar-refractivity contribution is 4.91. The largest absolute Gasteiger partial charge is 0.314 e. The van der Waals surface area contributed by atoms with Crippen LogP contribution in [0.15, 0.2) is 0 Å². The van der Waals surface area contributed by atoms with E-state index >= 15 is 0 Å². The molecular formula is C11H22N2. The molecule has 2 rings (SSSR count). The molecule has 2 saturated heterocycles. The molecule has 0 saturated carbocycles. The topological polar surface area (TPSA) is 24.1 Å². The SMILES string of the molecule is CC1(CC2CCCN2)CCCCN1. The predicted octanol–water partition coefficient (Wildman–Crippen LogP) is 1.66. The molecule has 0 aromatic heterocycles. The third-order valence-electron chi connectivity index (χ3n) is 3.57. The molecule has 0 bridgehead atoms. The van der Waals surface area contributed by atoms with Gasteiger partial charge in [0.15, 0.2) is 0 Å². The first-order chi connectivity index (χ1) is 6.29. The zero-order valence-electron chi connectivity index (χ0n) is 8.73. The Bertz CT molecular complexity index is 155. The van der Waals surface area contributed by atoms with E-state index in [1.54, 1.807) is 0 Å². The molecule has 2 atom stereocenters. The number of hydrogen-bond donors (Lipinski definition) is 2. The van der Waals surface area contributed by atoms with Crippen molar-refractivity contribution in [2.24, 2.45) is 0 Å². The quantitative estimate of drug-likeness (QED) is 0.678. The van der Waals surface area contributed by atoms with Gasteiger partial charge in [0.2, 0.25) is 0 Å². The van der Waals surface area contributed by atoms with Gasteiger partial charge in [0.25, 0.3) is 0 Å². The summed E-state index contributed by atoms with van der Waals surface area (Å²) in [7, 11) is 0. The summed E-state index contributed by atoms with van der Waals surface area (Å²) < 4.78 is 0. The summed E-state index contributed by atoms with van der Waals surface area (Å²) in [5.41, 5.74) is 0.431. The van der Waals surface area contributed by atoms with Gasteiger partial charge in [-0.25, -0.2) is 0 Å². The molecule has 2 heterocycles. The second-order valence-electron chi connectivity index (χ2n) is 4.94. The van der Waals surface area contributed by atoms with Crippen LogP contribution >= 0.6 is 0 Å². The summed E-state index contributed by atoms with van der Waals surface area (Å²) in [5.74, 6) is 0. The Morgan fingerprint density at radius 1 is 1.23 bits per heavy atom. The number of hydrogen-bond acceptors (Lipinski definition) is 2. The molecule has 0 radical (unpaired) electrons. The fraction of sp³-hybridized carbons (Fsp3) is 1.00. The molecule has 2 unspecified atom stereocenters. The fourth-order valence-corrected chi connectivity index (χ4v) is 2.77. The van der Waals surface area contributed by atoms with Crippen LogP contribution in [0.4, 0.5) is 0 Å². The smallest absolute Gasteiger partial charge is 0.0168 e. The Morgan fingerprint density at radius 2 is 2.15 bits per heavy atom. The van der Waals surface area contributed by atoms with Crippen molar-refractivity contribution < 1.29 is 0 Å². The third-order valence-corrected chi connectivity index (χ3v) is 3.57. The van der Waals surface area contributed by atoms with Gasteiger partial charge in [-0.1, -0.05) is 6.42 Å². The van der Waals surface area contributed by atoms with Gasteiger partial charge in [-0.2, -0.15) is 0 Å². The van der Waals surface area contributed by atoms with E-state index in [9.17, 15) is 0 Å². The first kappa shape index (κ1) is 9.47. The third kappa shape index (κ3) is 2.44. The van der Waals surface area contributed by atoms with Crippen LogP contribution in [0, 0.1) is 0 Å². The Morgan fingerprint density at radius 3 is 2.77 bits per heavy atom. The highest BCUT2D eigenvalue weighted by Crippen LogP contribution is 2.26. The van der Waals surface area contributed by atoms with E-state index in [-0.39, 0.29) is 0 Å². The van der Waals surface area contributed by atoms with E-state index in [4.69, 9.17) is 0 Å². The van der Waals surface area contributed by atoms with Gasteiger partial charge in [0, 0.05) is 11.6 Å². The van der Waals surface area contributed by atoms with E-state index in [1.807, 2.05) is 0 Å². The molecule has 2 heteroatoms. The summed E-state index contributed by atoms with van der Waals surface area (Å²) in [4.78, 5) is 0. The van der Waals surface area contributed by atoms with Crippen molar-refractivity contribution in [3.63, 3.8) is 0 Å². The maximum Gasteiger partial charge on any atom is 0.0168 e. The predicted molar refractivity (Wildman–Crippen MR) is 55.9 cm³/mol. The Labute approximate surface area is 81.5 Å². The number of nitrogens with one attached hydrogen (secondary N) is 2. The second kappa shape index (κ2) is 3.97. The van der Waals surface area contributed by atoms with Gasteiger partial charge in [0.1, 0.15) is 0 Å². The number of piperidine rings is 1. The van der Waals surface area contributed by atoms with Crippen molar-refractivity contribution in [1.82, 2.24) is 10.6 Å². The molecule has 0 amide bonds. The van der Waals surface area contributed by atoms with Gasteiger partial charge in [0.05, 0.1) is 0 Å². The molecule has 0 aromatic carbocycles. The van der Waals surface area contributed by atoms with E-state index in [0.29, 0.717) is 5.54 Å². The minimum absolute atomic E-state index is 0.431. The van der Waals surface area contributed by atoms with Gasteiger partial charge < -0.3 is 10.6 Å². The Hall–Kier alpha value is -0.0800. The van der Waals surface area contributed by atoms with Crippen molar-refractivity contribution in [2.45, 2.75) is 57.0 Å². The lowest BCUT2D eigenvalue weighted by Crippen LogP contribution is -2.49. The molecule has 0 aliphatic carbocycles. The number of rotatable bonds is 2. The van der Waals surface area contributed by atoms with Crippen molar-refractivity contribution in [2.75, 3.05) is 13.1 Å². The van der Waals surface area contributed by atoms with Gasteiger partial charge in [-0.15, -0.1) is 0 Å². The average molecular weight is 182 g/mol. The fourth-order valence-electron chi connectivity index (χ4n) is 2.77. The summed E-state index contributed by atoms with van der Waals surface area (Å²) in [6.45, 7) is 4.86. The molecular weight excluding hydrogens is 160 g/mol. The highest BCUT2D eigenvalue weighted by Gasteiger charge is 2.30. The van der Waals surface area contributed by atoms with Crippen LogP contribution in [0.5, 0.6) is 0 Å². The standard InChI is InChI=1S/C11H22N2/c1-11(6-2-3-8-13-11)9-10-5-4-7-12-10/h10,12-13H,2-9H2,1H3. The summed E-state index contributed by atoms with van der Waals surface area (Å²) in [6.07, 6.45) is 8.24. The summed E-state index contributed by atoms with van der Waals surface area (Å²) in [6, 6.07) is 0.788. The first-order valence-electron chi connectivity index (χ1n) is 5.77. The molecule has 2 nitrogen and oxygen atoms in total. The Balaban J connectivity index is 1.83. The minimum Gasteiger partial charge on any atom is -0.314 e. The van der Waals surface area contributed by atoms with E-state index < -0.39 is 0 Å². The minimum atomic E-state index is 0.431. The van der Waals surface area contributed by atoms with Crippen LogP contribution in [0.25, 0.3) is 0 Å². The summed E-state index contributed by atoms with van der Waals surface area (Å²) in [5, 5.41) is 7.27. The van der Waals surface area contributed by atoms with Crippen LogP contribution in [-0.4, -0.2) is 24.7 Å². The first-order valence-corrected chi connectivity index (χ1v) is 5.77. The van der Waals surface area contributed by atoms with Gasteiger partial charge in [-0.05, 0) is 52.1 Å². The van der Waals surface area contributed by atoms with E-state index in [2.05, 4.69) is 17.6 Å². The van der Waals surface area contributed by atoms with Gasteiger partial charge >= 0.3 is 0 Å². The second-order valence-corrected chi connectivity index (χ2v) is 4.94. The van der Waals surface area contributed by atoms with Crippen LogP contribution in [0.2, 0.25) is 0 Å². The zero-order chi connectivity index (χ0) is 9.15. The molecule has 76 valence electrons. The molecule has 13 heavy (non-hydrogen) atoms. The van der Waals surface area contributed by atoms with Crippen LogP contribution in [0.1, 0.15) is 45.4 Å². The van der Waals surface area contributed by atoms with Crippen LogP contribution < -0.4 is 10.6 Å². The lowest BCUT2D eigenvalue weighted by molar-refractivity contribution is 0.238. The van der Waals surface area contributed by atoms with Crippen molar-refractivity contribution in [3.8, 4) is 0 Å². The lowest BCUT2D eigenvalue weighted by Gasteiger charge is -2.37. The van der Waals surface area contributed by atoms with E-state index in [0.717, 1.165) is 6.04 Å². The van der Waals surface area contributed by atoms with Gasteiger partial charge in [-0.3, -0.25) is 0 Å². The monoisotopic (exact) mass is 182 g/mol.